The maximum atomic E-state index is 11.3. The zero-order chi connectivity index (χ0) is 10.8. The molecule has 1 aliphatic rings. The van der Waals surface area contributed by atoms with Crippen molar-refractivity contribution < 1.29 is 14.3 Å². The Morgan fingerprint density at radius 1 is 1.53 bits per heavy atom. The number of ether oxygens (including phenoxy) is 2. The van der Waals surface area contributed by atoms with Crippen molar-refractivity contribution in [3.8, 4) is 5.75 Å². The third kappa shape index (κ3) is 1.68. The van der Waals surface area contributed by atoms with Gasteiger partial charge in [-0.3, -0.25) is 4.90 Å². The average molecular weight is 208 g/mol. The largest absolute Gasteiger partial charge is 0.495 e. The molecule has 0 aliphatic carbocycles. The number of nitrogens with two attached hydrogens (primary N) is 1. The molecule has 1 aliphatic heterocycles. The first kappa shape index (κ1) is 9.64. The Balaban J connectivity index is 2.32. The Hall–Kier alpha value is -1.91. The maximum absolute atomic E-state index is 11.3. The standard InChI is InChI=1S/C10H12N2O3/c1-14-9-6-7(2-3-8(9)11)12-4-5-15-10(12)13/h2-3,6H,4-5,11H2,1H3. The van der Waals surface area contributed by atoms with Gasteiger partial charge in [-0.05, 0) is 12.1 Å². The second kappa shape index (κ2) is 3.68. The van der Waals surface area contributed by atoms with Gasteiger partial charge in [-0.15, -0.1) is 0 Å². The number of hydrogen-bond acceptors (Lipinski definition) is 4. The highest BCUT2D eigenvalue weighted by molar-refractivity contribution is 5.90. The average Bonchev–Trinajstić information content (AvgIpc) is 2.65. The smallest absolute Gasteiger partial charge is 0.414 e. The molecule has 0 radical (unpaired) electrons. The van der Waals surface area contributed by atoms with Crippen LogP contribution in [-0.4, -0.2) is 26.4 Å². The SMILES string of the molecule is COc1cc(N2CCOC2=O)ccc1N. The topological polar surface area (TPSA) is 64.8 Å². The summed E-state index contributed by atoms with van der Waals surface area (Å²) in [7, 11) is 1.54. The molecule has 1 aromatic carbocycles. The summed E-state index contributed by atoms with van der Waals surface area (Å²) >= 11 is 0. The van der Waals surface area contributed by atoms with Gasteiger partial charge >= 0.3 is 6.09 Å². The Morgan fingerprint density at radius 3 is 2.93 bits per heavy atom. The van der Waals surface area contributed by atoms with Crippen LogP contribution in [0.25, 0.3) is 0 Å². The second-order valence-electron chi connectivity index (χ2n) is 3.19. The van der Waals surface area contributed by atoms with Crippen molar-refractivity contribution in [1.82, 2.24) is 0 Å². The van der Waals surface area contributed by atoms with E-state index in [9.17, 15) is 4.79 Å². The number of nitrogens with zero attached hydrogens (tertiary/aromatic N) is 1. The monoisotopic (exact) mass is 208 g/mol. The first-order chi connectivity index (χ1) is 7.22. The molecule has 1 aromatic rings. The summed E-state index contributed by atoms with van der Waals surface area (Å²) in [6.07, 6.45) is -0.332. The molecule has 2 N–H and O–H groups in total. The van der Waals surface area contributed by atoms with Gasteiger partial charge in [0.05, 0.1) is 25.0 Å². The van der Waals surface area contributed by atoms with Crippen molar-refractivity contribution in [2.24, 2.45) is 0 Å². The summed E-state index contributed by atoms with van der Waals surface area (Å²) < 4.78 is 9.92. The molecule has 0 spiro atoms. The summed E-state index contributed by atoms with van der Waals surface area (Å²) in [6.45, 7) is 0.984. The molecular weight excluding hydrogens is 196 g/mol. The van der Waals surface area contributed by atoms with Gasteiger partial charge in [0.1, 0.15) is 12.4 Å². The molecule has 15 heavy (non-hydrogen) atoms. The first-order valence-electron chi connectivity index (χ1n) is 4.60. The fraction of sp³-hybridized carbons (Fsp3) is 0.300. The minimum Gasteiger partial charge on any atom is -0.495 e. The van der Waals surface area contributed by atoms with Crippen LogP contribution < -0.4 is 15.4 Å². The summed E-state index contributed by atoms with van der Waals surface area (Å²) in [6, 6.07) is 5.20. The quantitative estimate of drug-likeness (QED) is 0.742. The van der Waals surface area contributed by atoms with E-state index in [-0.39, 0.29) is 6.09 Å². The molecule has 0 unspecified atom stereocenters. The molecule has 1 amide bonds. The zero-order valence-electron chi connectivity index (χ0n) is 8.40. The molecule has 0 aromatic heterocycles. The molecule has 1 fully saturated rings. The molecule has 80 valence electrons. The van der Waals surface area contributed by atoms with Crippen molar-refractivity contribution in [1.29, 1.82) is 0 Å². The van der Waals surface area contributed by atoms with E-state index in [4.69, 9.17) is 15.2 Å². The van der Waals surface area contributed by atoms with E-state index >= 15 is 0 Å². The van der Waals surface area contributed by atoms with Crippen molar-refractivity contribution in [2.75, 3.05) is 30.9 Å². The summed E-state index contributed by atoms with van der Waals surface area (Å²) in [5, 5.41) is 0. The Bertz CT molecular complexity index is 392. The van der Waals surface area contributed by atoms with Crippen molar-refractivity contribution in [3.63, 3.8) is 0 Å². The third-order valence-electron chi connectivity index (χ3n) is 2.29. The van der Waals surface area contributed by atoms with E-state index in [1.807, 2.05) is 0 Å². The number of cyclic esters (lactones) is 1. The van der Waals surface area contributed by atoms with Crippen LogP contribution in [0, 0.1) is 0 Å². The molecule has 0 saturated carbocycles. The van der Waals surface area contributed by atoms with E-state index in [0.717, 1.165) is 5.69 Å². The number of amides is 1. The second-order valence-corrected chi connectivity index (χ2v) is 3.19. The molecular formula is C10H12N2O3. The molecule has 1 saturated heterocycles. The summed E-state index contributed by atoms with van der Waals surface area (Å²) in [4.78, 5) is 12.8. The van der Waals surface area contributed by atoms with Crippen LogP contribution in [0.1, 0.15) is 0 Å². The molecule has 0 atom stereocenters. The predicted octanol–water partition coefficient (Wildman–Crippen LogP) is 1.23. The van der Waals surface area contributed by atoms with Gasteiger partial charge in [0, 0.05) is 6.07 Å². The summed E-state index contributed by atoms with van der Waals surface area (Å²) in [5.74, 6) is 0.562. The van der Waals surface area contributed by atoms with Crippen LogP contribution >= 0.6 is 0 Å². The lowest BCUT2D eigenvalue weighted by atomic mass is 10.2. The summed E-state index contributed by atoms with van der Waals surface area (Å²) in [5.41, 5.74) is 6.96. The van der Waals surface area contributed by atoms with E-state index in [1.165, 1.54) is 7.11 Å². The lowest BCUT2D eigenvalue weighted by Crippen LogP contribution is -2.23. The van der Waals surface area contributed by atoms with Gasteiger partial charge in [-0.2, -0.15) is 0 Å². The third-order valence-corrected chi connectivity index (χ3v) is 2.29. The number of rotatable bonds is 2. The minimum atomic E-state index is -0.332. The van der Waals surface area contributed by atoms with Gasteiger partial charge in [0.15, 0.2) is 0 Å². The van der Waals surface area contributed by atoms with Gasteiger partial charge < -0.3 is 15.2 Å². The number of anilines is 2. The van der Waals surface area contributed by atoms with Crippen molar-refractivity contribution in [3.05, 3.63) is 18.2 Å². The van der Waals surface area contributed by atoms with E-state index < -0.39 is 0 Å². The number of hydrogen-bond donors (Lipinski definition) is 1. The van der Waals surface area contributed by atoms with Crippen molar-refractivity contribution >= 4 is 17.5 Å². The Kier molecular flexibility index (Phi) is 2.37. The van der Waals surface area contributed by atoms with Crippen molar-refractivity contribution in [2.45, 2.75) is 0 Å². The molecule has 5 heteroatoms. The minimum absolute atomic E-state index is 0.332. The predicted molar refractivity (Wildman–Crippen MR) is 56.1 cm³/mol. The zero-order valence-corrected chi connectivity index (χ0v) is 8.40. The maximum Gasteiger partial charge on any atom is 0.414 e. The van der Waals surface area contributed by atoms with Crippen LogP contribution in [0.5, 0.6) is 5.75 Å². The van der Waals surface area contributed by atoms with Gasteiger partial charge in [-0.1, -0.05) is 0 Å². The first-order valence-corrected chi connectivity index (χ1v) is 4.60. The normalized spacial score (nSPS) is 15.3. The van der Waals surface area contributed by atoms with E-state index in [0.29, 0.717) is 24.6 Å². The van der Waals surface area contributed by atoms with E-state index in [1.54, 1.807) is 23.1 Å². The number of carbonyl (C=O) groups excluding carboxylic acids is 1. The van der Waals surface area contributed by atoms with Gasteiger partial charge in [0.25, 0.3) is 0 Å². The fourth-order valence-electron chi connectivity index (χ4n) is 1.50. The molecule has 2 rings (SSSR count). The number of benzene rings is 1. The molecule has 0 bridgehead atoms. The molecule has 1 heterocycles. The number of carbonyl (C=O) groups is 1. The van der Waals surface area contributed by atoms with Crippen LogP contribution in [0.3, 0.4) is 0 Å². The van der Waals surface area contributed by atoms with Crippen LogP contribution in [-0.2, 0) is 4.74 Å². The number of nitrogen functional groups attached to an aromatic ring is 1. The fourth-order valence-corrected chi connectivity index (χ4v) is 1.50. The lowest BCUT2D eigenvalue weighted by Gasteiger charge is -2.14. The van der Waals surface area contributed by atoms with Gasteiger partial charge in [0.2, 0.25) is 0 Å². The van der Waals surface area contributed by atoms with E-state index in [2.05, 4.69) is 0 Å². The molecule has 5 nitrogen and oxygen atoms in total. The lowest BCUT2D eigenvalue weighted by molar-refractivity contribution is 0.181. The van der Waals surface area contributed by atoms with Crippen LogP contribution in [0.2, 0.25) is 0 Å². The highest BCUT2D eigenvalue weighted by Gasteiger charge is 2.23. The highest BCUT2D eigenvalue weighted by atomic mass is 16.6. The van der Waals surface area contributed by atoms with Crippen LogP contribution in [0.15, 0.2) is 18.2 Å². The highest BCUT2D eigenvalue weighted by Crippen LogP contribution is 2.28. The number of methoxy groups -OCH3 is 1. The van der Waals surface area contributed by atoms with Crippen LogP contribution in [0.4, 0.5) is 16.2 Å². The Morgan fingerprint density at radius 2 is 2.33 bits per heavy atom. The Labute approximate surface area is 87.4 Å². The van der Waals surface area contributed by atoms with Gasteiger partial charge in [-0.25, -0.2) is 4.79 Å².